The lowest BCUT2D eigenvalue weighted by molar-refractivity contribution is -0.143. The Kier molecular flexibility index (Phi) is 8.21. The fraction of sp³-hybridized carbons (Fsp3) is 0.379. The van der Waals surface area contributed by atoms with Crippen LogP contribution in [0, 0.1) is 6.92 Å². The first-order chi connectivity index (χ1) is 20.3. The van der Waals surface area contributed by atoms with E-state index in [0.29, 0.717) is 43.9 Å². The summed E-state index contributed by atoms with van der Waals surface area (Å²) in [6.07, 6.45) is -9.02. The molecule has 5 rings (SSSR count). The molecule has 0 aliphatic carbocycles. The Labute approximate surface area is 242 Å². The molecule has 3 heterocycles. The second-order valence-corrected chi connectivity index (χ2v) is 10.3. The highest BCUT2D eigenvalue weighted by Gasteiger charge is 2.38. The van der Waals surface area contributed by atoms with Gasteiger partial charge in [0, 0.05) is 44.8 Å². The van der Waals surface area contributed by atoms with Gasteiger partial charge in [0.2, 0.25) is 18.2 Å². The number of anilines is 1. The van der Waals surface area contributed by atoms with Gasteiger partial charge in [0.15, 0.2) is 0 Å². The number of carbonyl (C=O) groups is 2. The number of halogens is 6. The first kappa shape index (κ1) is 30.1. The number of piperazine rings is 1. The molecule has 14 heteroatoms. The lowest BCUT2D eigenvalue weighted by Gasteiger charge is -2.33. The maximum absolute atomic E-state index is 14.1. The van der Waals surface area contributed by atoms with Crippen molar-refractivity contribution >= 4 is 18.3 Å². The van der Waals surface area contributed by atoms with E-state index >= 15 is 0 Å². The number of amides is 2. The zero-order valence-electron chi connectivity index (χ0n) is 23.0. The number of fused-ring (bicyclic) bond motifs is 1. The largest absolute Gasteiger partial charge is 0.477 e. The standard InChI is InChI=1S/C29H27F6N5O3/c1-18-5-2-3-6-22(18)24-23-25(37-27(36-24)39-10-8-38(17-41)9-11-39)43-12-4-7-40(26(23)42)16-19-13-20(28(30,31)32)15-21(14-19)29(33,34)35/h2-3,5-6,13-15,17H,4,7-12,16H2,1H3. The Morgan fingerprint density at radius 3 is 2.16 bits per heavy atom. The van der Waals surface area contributed by atoms with Crippen LogP contribution in [0.2, 0.25) is 0 Å². The number of hydrogen-bond acceptors (Lipinski definition) is 6. The Morgan fingerprint density at radius 2 is 1.56 bits per heavy atom. The molecule has 8 nitrogen and oxygen atoms in total. The maximum Gasteiger partial charge on any atom is 0.416 e. The third kappa shape index (κ3) is 6.52. The van der Waals surface area contributed by atoms with Gasteiger partial charge in [0.05, 0.1) is 23.4 Å². The average molecular weight is 608 g/mol. The zero-order chi connectivity index (χ0) is 30.9. The molecule has 2 aliphatic heterocycles. The van der Waals surface area contributed by atoms with Gasteiger partial charge in [0.25, 0.3) is 5.91 Å². The highest BCUT2D eigenvalue weighted by molar-refractivity contribution is 6.02. The fourth-order valence-corrected chi connectivity index (χ4v) is 5.09. The molecule has 0 spiro atoms. The Hall–Kier alpha value is -4.36. The van der Waals surface area contributed by atoms with Gasteiger partial charge < -0.3 is 19.4 Å². The van der Waals surface area contributed by atoms with Crippen molar-refractivity contribution in [2.75, 3.05) is 44.2 Å². The van der Waals surface area contributed by atoms with Crippen LogP contribution in [0.4, 0.5) is 32.3 Å². The predicted octanol–water partition coefficient (Wildman–Crippen LogP) is 5.19. The van der Waals surface area contributed by atoms with Crippen molar-refractivity contribution in [3.05, 3.63) is 70.3 Å². The van der Waals surface area contributed by atoms with Gasteiger partial charge in [-0.3, -0.25) is 9.59 Å². The first-order valence-corrected chi connectivity index (χ1v) is 13.5. The van der Waals surface area contributed by atoms with Gasteiger partial charge in [-0.05, 0) is 42.7 Å². The average Bonchev–Trinajstić information content (AvgIpc) is 2.96. The second kappa shape index (κ2) is 11.7. The molecular formula is C29H27F6N5O3. The van der Waals surface area contributed by atoms with Crippen molar-refractivity contribution < 1.29 is 40.7 Å². The highest BCUT2D eigenvalue weighted by atomic mass is 19.4. The van der Waals surface area contributed by atoms with Gasteiger partial charge in [-0.2, -0.15) is 31.3 Å². The van der Waals surface area contributed by atoms with E-state index in [0.717, 1.165) is 12.0 Å². The van der Waals surface area contributed by atoms with E-state index < -0.39 is 35.9 Å². The van der Waals surface area contributed by atoms with Crippen LogP contribution >= 0.6 is 0 Å². The van der Waals surface area contributed by atoms with E-state index in [-0.39, 0.29) is 54.3 Å². The monoisotopic (exact) mass is 607 g/mol. The van der Waals surface area contributed by atoms with Crippen LogP contribution in [0.15, 0.2) is 42.5 Å². The molecule has 1 fully saturated rings. The number of carbonyl (C=O) groups excluding carboxylic acids is 2. The molecule has 0 N–H and O–H groups in total. The van der Waals surface area contributed by atoms with Crippen molar-refractivity contribution in [1.82, 2.24) is 19.8 Å². The molecule has 0 unspecified atom stereocenters. The summed E-state index contributed by atoms with van der Waals surface area (Å²) in [7, 11) is 0. The summed E-state index contributed by atoms with van der Waals surface area (Å²) in [5, 5.41) is 0. The summed E-state index contributed by atoms with van der Waals surface area (Å²) in [5.41, 5.74) is -1.67. The molecule has 43 heavy (non-hydrogen) atoms. The van der Waals surface area contributed by atoms with Crippen molar-refractivity contribution in [2.24, 2.45) is 0 Å². The number of benzene rings is 2. The number of aryl methyl sites for hydroxylation is 1. The second-order valence-electron chi connectivity index (χ2n) is 10.3. The van der Waals surface area contributed by atoms with Crippen LogP contribution in [0.5, 0.6) is 5.88 Å². The minimum Gasteiger partial charge on any atom is -0.477 e. The minimum atomic E-state index is -5.02. The zero-order valence-corrected chi connectivity index (χ0v) is 23.0. The molecule has 2 aromatic carbocycles. The van der Waals surface area contributed by atoms with Gasteiger partial charge in [-0.25, -0.2) is 4.98 Å². The number of ether oxygens (including phenoxy) is 1. The molecule has 2 aliphatic rings. The first-order valence-electron chi connectivity index (χ1n) is 13.5. The molecule has 228 valence electrons. The quantitative estimate of drug-likeness (QED) is 0.294. The highest BCUT2D eigenvalue weighted by Crippen LogP contribution is 2.38. The van der Waals surface area contributed by atoms with Crippen LogP contribution in [0.1, 0.15) is 39.0 Å². The third-order valence-electron chi connectivity index (χ3n) is 7.34. The fourth-order valence-electron chi connectivity index (χ4n) is 5.09. The van der Waals surface area contributed by atoms with Gasteiger partial charge >= 0.3 is 12.4 Å². The third-order valence-corrected chi connectivity index (χ3v) is 7.34. The van der Waals surface area contributed by atoms with E-state index in [1.807, 2.05) is 17.9 Å². The Morgan fingerprint density at radius 1 is 0.907 bits per heavy atom. The summed E-state index contributed by atoms with van der Waals surface area (Å²) in [6.45, 7) is 3.16. The Bertz CT molecular complexity index is 1490. The summed E-state index contributed by atoms with van der Waals surface area (Å²) >= 11 is 0. The lowest BCUT2D eigenvalue weighted by atomic mass is 10.00. The SMILES string of the molecule is Cc1ccccc1-c1nc(N2CCN(C=O)CC2)nc2c1C(=O)N(Cc1cc(C(F)(F)F)cc(C(F)(F)F)c1)CCCO2. The molecule has 1 saturated heterocycles. The van der Waals surface area contributed by atoms with E-state index in [1.54, 1.807) is 23.1 Å². The molecule has 3 aromatic rings. The number of alkyl halides is 6. The number of rotatable bonds is 5. The van der Waals surface area contributed by atoms with E-state index in [1.165, 1.54) is 4.90 Å². The van der Waals surface area contributed by atoms with Crippen molar-refractivity contribution in [2.45, 2.75) is 32.2 Å². The minimum absolute atomic E-state index is 0.0124. The maximum atomic E-state index is 14.1. The number of hydrogen-bond donors (Lipinski definition) is 0. The number of aromatic nitrogens is 2. The summed E-state index contributed by atoms with van der Waals surface area (Å²) in [6, 6.07) is 8.44. The molecule has 0 radical (unpaired) electrons. The summed E-state index contributed by atoms with van der Waals surface area (Å²) < 4.78 is 87.0. The predicted molar refractivity (Wildman–Crippen MR) is 143 cm³/mol. The van der Waals surface area contributed by atoms with E-state index in [9.17, 15) is 35.9 Å². The van der Waals surface area contributed by atoms with Crippen LogP contribution in [0.3, 0.4) is 0 Å². The van der Waals surface area contributed by atoms with Gasteiger partial charge in [0.1, 0.15) is 5.56 Å². The molecular weight excluding hydrogens is 580 g/mol. The summed E-state index contributed by atoms with van der Waals surface area (Å²) in [4.78, 5) is 39.2. The molecule has 0 atom stereocenters. The number of nitrogens with zero attached hydrogens (tertiary/aromatic N) is 5. The molecule has 0 saturated carbocycles. The van der Waals surface area contributed by atoms with Gasteiger partial charge in [-0.1, -0.05) is 24.3 Å². The van der Waals surface area contributed by atoms with Crippen molar-refractivity contribution in [1.29, 1.82) is 0 Å². The van der Waals surface area contributed by atoms with Crippen LogP contribution in [0.25, 0.3) is 11.3 Å². The molecule has 2 amide bonds. The molecule has 0 bridgehead atoms. The van der Waals surface area contributed by atoms with Crippen molar-refractivity contribution in [3.8, 4) is 17.1 Å². The topological polar surface area (TPSA) is 78.9 Å². The van der Waals surface area contributed by atoms with Crippen LogP contribution < -0.4 is 9.64 Å². The van der Waals surface area contributed by atoms with E-state index in [4.69, 9.17) is 9.72 Å². The van der Waals surface area contributed by atoms with Gasteiger partial charge in [-0.15, -0.1) is 0 Å². The van der Waals surface area contributed by atoms with Crippen molar-refractivity contribution in [3.63, 3.8) is 0 Å². The summed E-state index contributed by atoms with van der Waals surface area (Å²) in [5.74, 6) is -0.442. The van der Waals surface area contributed by atoms with E-state index in [2.05, 4.69) is 4.98 Å². The Balaban J connectivity index is 1.59. The van der Waals surface area contributed by atoms with Crippen LogP contribution in [-0.2, 0) is 23.7 Å². The normalized spacial score (nSPS) is 16.3. The van der Waals surface area contributed by atoms with Crippen LogP contribution in [-0.4, -0.2) is 71.4 Å². The lowest BCUT2D eigenvalue weighted by Crippen LogP contribution is -2.46. The molecule has 1 aromatic heterocycles. The smallest absolute Gasteiger partial charge is 0.416 e.